The first-order valence-corrected chi connectivity index (χ1v) is 10.6. The van der Waals surface area contributed by atoms with Gasteiger partial charge in [0.15, 0.2) is 0 Å². The summed E-state index contributed by atoms with van der Waals surface area (Å²) in [6, 6.07) is 9.21. The molecule has 6 heteroatoms. The molecule has 1 N–H and O–H groups in total. The SMILES string of the molecule is CC(C)CCC(=O)NCC1=NC(c2ccc(N3CCC(N(C)C)C3)cc2)=CCO1. The van der Waals surface area contributed by atoms with Gasteiger partial charge in [-0.15, -0.1) is 0 Å². The van der Waals surface area contributed by atoms with Crippen molar-refractivity contribution in [1.82, 2.24) is 10.2 Å². The van der Waals surface area contributed by atoms with Crippen molar-refractivity contribution >= 4 is 23.2 Å². The number of amides is 1. The molecule has 1 atom stereocenters. The first-order valence-electron chi connectivity index (χ1n) is 10.6. The van der Waals surface area contributed by atoms with Gasteiger partial charge in [0, 0.05) is 36.8 Å². The first-order chi connectivity index (χ1) is 13.9. The van der Waals surface area contributed by atoms with Crippen molar-refractivity contribution in [2.24, 2.45) is 10.9 Å². The molecule has 1 aromatic carbocycles. The Hall–Kier alpha value is -2.34. The Labute approximate surface area is 174 Å². The number of likely N-dealkylation sites (N-methyl/N-ethyl adjacent to an activating group) is 1. The van der Waals surface area contributed by atoms with Gasteiger partial charge in [0.1, 0.15) is 6.61 Å². The molecule has 6 nitrogen and oxygen atoms in total. The van der Waals surface area contributed by atoms with E-state index in [9.17, 15) is 4.79 Å². The monoisotopic (exact) mass is 398 g/mol. The van der Waals surface area contributed by atoms with E-state index in [0.29, 0.717) is 37.4 Å². The Morgan fingerprint density at radius 3 is 2.72 bits per heavy atom. The standard InChI is InChI=1S/C23H34N4O2/c1-17(2)5-10-22(28)24-15-23-25-21(12-14-29-23)18-6-8-19(9-7-18)27-13-11-20(16-27)26(3)4/h6-9,12,17,20H,5,10-11,13-16H2,1-4H3,(H,24,28). The van der Waals surface area contributed by atoms with Crippen LogP contribution in [0.25, 0.3) is 5.70 Å². The second kappa shape index (κ2) is 9.92. The number of carbonyl (C=O) groups is 1. The number of nitrogens with zero attached hydrogens (tertiary/aromatic N) is 3. The largest absolute Gasteiger partial charge is 0.475 e. The summed E-state index contributed by atoms with van der Waals surface area (Å²) >= 11 is 0. The highest BCUT2D eigenvalue weighted by molar-refractivity contribution is 5.90. The number of anilines is 1. The molecule has 158 valence electrons. The van der Waals surface area contributed by atoms with Crippen molar-refractivity contribution in [3.05, 3.63) is 35.9 Å². The maximum absolute atomic E-state index is 11.9. The predicted octanol–water partition coefficient (Wildman–Crippen LogP) is 3.15. The molecule has 0 aromatic heterocycles. The molecule has 1 aromatic rings. The van der Waals surface area contributed by atoms with E-state index in [1.165, 1.54) is 12.1 Å². The van der Waals surface area contributed by atoms with Gasteiger partial charge in [-0.05, 0) is 51.1 Å². The van der Waals surface area contributed by atoms with Crippen LogP contribution in [0.3, 0.4) is 0 Å². The van der Waals surface area contributed by atoms with Gasteiger partial charge in [0.2, 0.25) is 11.8 Å². The number of benzene rings is 1. The zero-order valence-corrected chi connectivity index (χ0v) is 18.1. The predicted molar refractivity (Wildman–Crippen MR) is 119 cm³/mol. The van der Waals surface area contributed by atoms with Crippen molar-refractivity contribution in [2.75, 3.05) is 45.2 Å². The maximum atomic E-state index is 11.9. The van der Waals surface area contributed by atoms with E-state index in [1.54, 1.807) is 0 Å². The number of ether oxygens (including phenoxy) is 1. The van der Waals surface area contributed by atoms with Gasteiger partial charge in [0.25, 0.3) is 0 Å². The molecule has 0 spiro atoms. The summed E-state index contributed by atoms with van der Waals surface area (Å²) in [6.45, 7) is 7.22. The highest BCUT2D eigenvalue weighted by atomic mass is 16.5. The van der Waals surface area contributed by atoms with Crippen LogP contribution in [0.4, 0.5) is 5.69 Å². The third-order valence-corrected chi connectivity index (χ3v) is 5.58. The van der Waals surface area contributed by atoms with Gasteiger partial charge in [-0.25, -0.2) is 4.99 Å². The zero-order chi connectivity index (χ0) is 20.8. The van der Waals surface area contributed by atoms with E-state index in [1.807, 2.05) is 6.08 Å². The molecule has 2 aliphatic heterocycles. The summed E-state index contributed by atoms with van der Waals surface area (Å²) < 4.78 is 5.59. The van der Waals surface area contributed by atoms with E-state index in [4.69, 9.17) is 4.74 Å². The lowest BCUT2D eigenvalue weighted by atomic mass is 10.1. The van der Waals surface area contributed by atoms with Gasteiger partial charge in [-0.2, -0.15) is 0 Å². The quantitative estimate of drug-likeness (QED) is 0.731. The van der Waals surface area contributed by atoms with Crippen LogP contribution < -0.4 is 10.2 Å². The average Bonchev–Trinajstić information content (AvgIpc) is 3.22. The summed E-state index contributed by atoms with van der Waals surface area (Å²) in [5.74, 6) is 1.14. The lowest BCUT2D eigenvalue weighted by Crippen LogP contribution is -2.31. The molecule has 0 bridgehead atoms. The van der Waals surface area contributed by atoms with Gasteiger partial charge in [0.05, 0.1) is 12.2 Å². The molecular weight excluding hydrogens is 364 g/mol. The number of hydrogen-bond acceptors (Lipinski definition) is 5. The minimum absolute atomic E-state index is 0.0482. The van der Waals surface area contributed by atoms with Gasteiger partial charge in [-0.3, -0.25) is 4.79 Å². The van der Waals surface area contributed by atoms with Crippen molar-refractivity contribution in [3.63, 3.8) is 0 Å². The fourth-order valence-corrected chi connectivity index (χ4v) is 3.63. The van der Waals surface area contributed by atoms with Crippen LogP contribution in [0.1, 0.15) is 38.7 Å². The second-order valence-electron chi connectivity index (χ2n) is 8.51. The van der Waals surface area contributed by atoms with Crippen LogP contribution in [0, 0.1) is 5.92 Å². The van der Waals surface area contributed by atoms with Gasteiger partial charge < -0.3 is 19.9 Å². The smallest absolute Gasteiger partial charge is 0.220 e. The van der Waals surface area contributed by atoms with Crippen molar-refractivity contribution in [3.8, 4) is 0 Å². The summed E-state index contributed by atoms with van der Waals surface area (Å²) in [7, 11) is 4.30. The summed E-state index contributed by atoms with van der Waals surface area (Å²) in [4.78, 5) is 21.3. The molecule has 2 heterocycles. The van der Waals surface area contributed by atoms with E-state index in [-0.39, 0.29) is 5.91 Å². The Morgan fingerprint density at radius 1 is 1.31 bits per heavy atom. The first kappa shape index (κ1) is 21.4. The van der Waals surface area contributed by atoms with Crippen LogP contribution in [0.2, 0.25) is 0 Å². The molecule has 0 aliphatic carbocycles. The van der Waals surface area contributed by atoms with E-state index in [2.05, 4.69) is 72.3 Å². The lowest BCUT2D eigenvalue weighted by Gasteiger charge is -2.22. The lowest BCUT2D eigenvalue weighted by molar-refractivity contribution is -0.121. The molecule has 0 saturated carbocycles. The third-order valence-electron chi connectivity index (χ3n) is 5.58. The number of nitrogens with one attached hydrogen (secondary N) is 1. The van der Waals surface area contributed by atoms with Crippen LogP contribution in [0.15, 0.2) is 35.3 Å². The summed E-state index contributed by atoms with van der Waals surface area (Å²) in [6.07, 6.45) is 4.62. The zero-order valence-electron chi connectivity index (χ0n) is 18.1. The Balaban J connectivity index is 1.56. The molecule has 3 rings (SSSR count). The van der Waals surface area contributed by atoms with Crippen molar-refractivity contribution in [2.45, 2.75) is 39.2 Å². The fourth-order valence-electron chi connectivity index (χ4n) is 3.63. The van der Waals surface area contributed by atoms with Crippen LogP contribution in [0.5, 0.6) is 0 Å². The molecular formula is C23H34N4O2. The molecule has 29 heavy (non-hydrogen) atoms. The third kappa shape index (κ3) is 6.07. The van der Waals surface area contributed by atoms with E-state index in [0.717, 1.165) is 30.8 Å². The Bertz CT molecular complexity index is 753. The normalized spacial score (nSPS) is 19.2. The molecule has 1 amide bonds. The van der Waals surface area contributed by atoms with Gasteiger partial charge >= 0.3 is 0 Å². The molecule has 0 radical (unpaired) electrons. The number of carbonyl (C=O) groups excluding carboxylic acids is 1. The van der Waals surface area contributed by atoms with E-state index >= 15 is 0 Å². The molecule has 1 unspecified atom stereocenters. The average molecular weight is 399 g/mol. The highest BCUT2D eigenvalue weighted by Crippen LogP contribution is 2.26. The molecule has 1 saturated heterocycles. The van der Waals surface area contributed by atoms with Crippen LogP contribution in [-0.2, 0) is 9.53 Å². The van der Waals surface area contributed by atoms with Crippen molar-refractivity contribution < 1.29 is 9.53 Å². The molecule has 2 aliphatic rings. The highest BCUT2D eigenvalue weighted by Gasteiger charge is 2.24. The number of hydrogen-bond donors (Lipinski definition) is 1. The van der Waals surface area contributed by atoms with Crippen molar-refractivity contribution in [1.29, 1.82) is 0 Å². The Kier molecular flexibility index (Phi) is 7.31. The molecule has 1 fully saturated rings. The number of aliphatic imine (C=N–C) groups is 1. The summed E-state index contributed by atoms with van der Waals surface area (Å²) in [5, 5.41) is 2.91. The van der Waals surface area contributed by atoms with Gasteiger partial charge in [-0.1, -0.05) is 26.0 Å². The van der Waals surface area contributed by atoms with E-state index < -0.39 is 0 Å². The topological polar surface area (TPSA) is 57.2 Å². The minimum atomic E-state index is 0.0482. The summed E-state index contributed by atoms with van der Waals surface area (Å²) in [5.41, 5.74) is 3.23. The fraction of sp³-hybridized carbons (Fsp3) is 0.565. The maximum Gasteiger partial charge on any atom is 0.220 e. The minimum Gasteiger partial charge on any atom is -0.475 e. The number of rotatable bonds is 8. The van der Waals surface area contributed by atoms with Crippen LogP contribution in [-0.4, -0.2) is 63.1 Å². The second-order valence-corrected chi connectivity index (χ2v) is 8.51. The Morgan fingerprint density at radius 2 is 2.07 bits per heavy atom. The van der Waals surface area contributed by atoms with Crippen LogP contribution >= 0.6 is 0 Å².